The van der Waals surface area contributed by atoms with E-state index in [0.717, 1.165) is 25.4 Å². The molecular weight excluding hydrogens is 250 g/mol. The zero-order chi connectivity index (χ0) is 14.0. The van der Waals surface area contributed by atoms with Gasteiger partial charge in [-0.05, 0) is 26.9 Å². The van der Waals surface area contributed by atoms with Crippen LogP contribution in [-0.4, -0.2) is 53.9 Å². The summed E-state index contributed by atoms with van der Waals surface area (Å²) in [6.07, 6.45) is 0.266. The van der Waals surface area contributed by atoms with Gasteiger partial charge >= 0.3 is 5.97 Å². The zero-order valence-corrected chi connectivity index (χ0v) is 12.7. The molecule has 0 aromatic heterocycles. The van der Waals surface area contributed by atoms with E-state index < -0.39 is 0 Å². The molecule has 0 aliphatic heterocycles. The Labute approximate surface area is 114 Å². The first-order chi connectivity index (χ1) is 8.54. The standard InChI is InChI=1S/C13H25NO3S/c1-5-14(6-2)8-9-18-12(10-11(4)15)13(16)17-7-3/h12H,5-10H2,1-4H3. The summed E-state index contributed by atoms with van der Waals surface area (Å²) in [6, 6.07) is 0. The zero-order valence-electron chi connectivity index (χ0n) is 11.9. The summed E-state index contributed by atoms with van der Waals surface area (Å²) in [5.41, 5.74) is 0. The third-order valence-electron chi connectivity index (χ3n) is 2.64. The van der Waals surface area contributed by atoms with Crippen molar-refractivity contribution in [2.75, 3.05) is 32.0 Å². The lowest BCUT2D eigenvalue weighted by molar-refractivity contribution is -0.143. The van der Waals surface area contributed by atoms with Crippen molar-refractivity contribution in [2.24, 2.45) is 0 Å². The van der Waals surface area contributed by atoms with Crippen LogP contribution < -0.4 is 0 Å². The molecule has 1 atom stereocenters. The van der Waals surface area contributed by atoms with Crippen molar-refractivity contribution < 1.29 is 14.3 Å². The molecule has 0 aromatic carbocycles. The lowest BCUT2D eigenvalue weighted by atomic mass is 10.2. The highest BCUT2D eigenvalue weighted by Crippen LogP contribution is 2.17. The number of hydrogen-bond donors (Lipinski definition) is 0. The predicted octanol–water partition coefficient (Wildman–Crippen LogP) is 1.97. The molecule has 0 aliphatic rings. The van der Waals surface area contributed by atoms with Crippen LogP contribution in [-0.2, 0) is 14.3 Å². The molecule has 0 amide bonds. The van der Waals surface area contributed by atoms with E-state index in [1.54, 1.807) is 6.92 Å². The number of ketones is 1. The Morgan fingerprint density at radius 3 is 2.28 bits per heavy atom. The van der Waals surface area contributed by atoms with Gasteiger partial charge in [0.15, 0.2) is 0 Å². The van der Waals surface area contributed by atoms with Crippen LogP contribution in [0, 0.1) is 0 Å². The van der Waals surface area contributed by atoms with E-state index in [9.17, 15) is 9.59 Å². The number of ether oxygens (including phenoxy) is 1. The first kappa shape index (κ1) is 17.4. The fourth-order valence-corrected chi connectivity index (χ4v) is 2.78. The van der Waals surface area contributed by atoms with Crippen LogP contribution in [0.2, 0.25) is 0 Å². The van der Waals surface area contributed by atoms with Gasteiger partial charge in [0.1, 0.15) is 11.0 Å². The van der Waals surface area contributed by atoms with Crippen LogP contribution in [0.3, 0.4) is 0 Å². The molecule has 18 heavy (non-hydrogen) atoms. The molecule has 0 N–H and O–H groups in total. The Kier molecular flexibility index (Phi) is 10.1. The SMILES string of the molecule is CCOC(=O)C(CC(C)=O)SCCN(CC)CC. The lowest BCUT2D eigenvalue weighted by Gasteiger charge is -2.19. The van der Waals surface area contributed by atoms with Crippen molar-refractivity contribution in [1.29, 1.82) is 0 Å². The number of carbonyl (C=O) groups is 2. The number of thioether (sulfide) groups is 1. The molecule has 0 saturated heterocycles. The normalized spacial score (nSPS) is 12.5. The lowest BCUT2D eigenvalue weighted by Crippen LogP contribution is -2.28. The first-order valence-corrected chi connectivity index (χ1v) is 7.59. The number of rotatable bonds is 10. The van der Waals surface area contributed by atoms with Gasteiger partial charge in [-0.2, -0.15) is 0 Å². The largest absolute Gasteiger partial charge is 0.465 e. The van der Waals surface area contributed by atoms with Crippen molar-refractivity contribution in [3.63, 3.8) is 0 Å². The average molecular weight is 275 g/mol. The Morgan fingerprint density at radius 1 is 1.22 bits per heavy atom. The van der Waals surface area contributed by atoms with E-state index in [1.807, 2.05) is 0 Å². The summed E-state index contributed by atoms with van der Waals surface area (Å²) in [5, 5.41) is -0.349. The number of nitrogens with zero attached hydrogens (tertiary/aromatic N) is 1. The minimum absolute atomic E-state index is 0.0309. The van der Waals surface area contributed by atoms with Gasteiger partial charge in [0.2, 0.25) is 0 Å². The van der Waals surface area contributed by atoms with Gasteiger partial charge in [0.25, 0.3) is 0 Å². The van der Waals surface area contributed by atoms with Crippen LogP contribution in [0.5, 0.6) is 0 Å². The highest BCUT2D eigenvalue weighted by Gasteiger charge is 2.22. The molecule has 0 fully saturated rings. The van der Waals surface area contributed by atoms with E-state index >= 15 is 0 Å². The molecule has 0 saturated carbocycles. The summed E-state index contributed by atoms with van der Waals surface area (Å²) in [5.74, 6) is 0.610. The van der Waals surface area contributed by atoms with Crippen molar-refractivity contribution in [1.82, 2.24) is 4.90 Å². The molecule has 0 aromatic rings. The van der Waals surface area contributed by atoms with Crippen molar-refractivity contribution >= 4 is 23.5 Å². The van der Waals surface area contributed by atoms with Gasteiger partial charge in [-0.25, -0.2) is 0 Å². The van der Waals surface area contributed by atoms with Crippen molar-refractivity contribution in [3.05, 3.63) is 0 Å². The van der Waals surface area contributed by atoms with Gasteiger partial charge in [-0.1, -0.05) is 13.8 Å². The van der Waals surface area contributed by atoms with E-state index in [1.165, 1.54) is 18.7 Å². The number of Topliss-reactive ketones (excluding diaryl/α,β-unsaturated/α-hetero) is 1. The van der Waals surface area contributed by atoms with E-state index in [4.69, 9.17) is 4.74 Å². The van der Waals surface area contributed by atoms with Gasteiger partial charge < -0.3 is 9.64 Å². The molecular formula is C13H25NO3S. The van der Waals surface area contributed by atoms with E-state index in [2.05, 4.69) is 18.7 Å². The summed E-state index contributed by atoms with van der Waals surface area (Å²) in [4.78, 5) is 25.1. The molecule has 0 rings (SSSR count). The number of esters is 1. The average Bonchev–Trinajstić information content (AvgIpc) is 2.33. The number of hydrogen-bond acceptors (Lipinski definition) is 5. The second kappa shape index (κ2) is 10.4. The third-order valence-corrected chi connectivity index (χ3v) is 3.82. The Morgan fingerprint density at radius 2 is 1.83 bits per heavy atom. The Balaban J connectivity index is 4.15. The minimum Gasteiger partial charge on any atom is -0.465 e. The molecule has 106 valence electrons. The van der Waals surface area contributed by atoms with Gasteiger partial charge in [-0.15, -0.1) is 11.8 Å². The number of carbonyl (C=O) groups excluding carboxylic acids is 2. The first-order valence-electron chi connectivity index (χ1n) is 6.55. The molecule has 0 radical (unpaired) electrons. The van der Waals surface area contributed by atoms with Gasteiger partial charge in [0.05, 0.1) is 6.61 Å². The summed E-state index contributed by atoms with van der Waals surface area (Å²) in [7, 11) is 0. The van der Waals surface area contributed by atoms with E-state index in [0.29, 0.717) is 6.61 Å². The summed E-state index contributed by atoms with van der Waals surface area (Å²) >= 11 is 1.52. The fourth-order valence-electron chi connectivity index (χ4n) is 1.57. The molecule has 5 heteroatoms. The van der Waals surface area contributed by atoms with Crippen molar-refractivity contribution in [3.8, 4) is 0 Å². The predicted molar refractivity (Wildman–Crippen MR) is 76.0 cm³/mol. The smallest absolute Gasteiger partial charge is 0.319 e. The second-order valence-corrected chi connectivity index (χ2v) is 5.36. The summed E-state index contributed by atoms with van der Waals surface area (Å²) < 4.78 is 4.99. The maximum absolute atomic E-state index is 11.7. The highest BCUT2D eigenvalue weighted by molar-refractivity contribution is 8.00. The molecule has 0 aliphatic carbocycles. The maximum atomic E-state index is 11.7. The van der Waals surface area contributed by atoms with Crippen LogP contribution in [0.15, 0.2) is 0 Å². The second-order valence-electron chi connectivity index (χ2n) is 4.04. The molecule has 1 unspecified atom stereocenters. The summed E-state index contributed by atoms with van der Waals surface area (Å²) in [6.45, 7) is 10.8. The van der Waals surface area contributed by atoms with Crippen LogP contribution >= 0.6 is 11.8 Å². The topological polar surface area (TPSA) is 46.6 Å². The Hall–Kier alpha value is -0.550. The quantitative estimate of drug-likeness (QED) is 0.570. The maximum Gasteiger partial charge on any atom is 0.319 e. The monoisotopic (exact) mass is 275 g/mol. The third kappa shape index (κ3) is 7.71. The van der Waals surface area contributed by atoms with Gasteiger partial charge in [0, 0.05) is 18.7 Å². The Bertz CT molecular complexity index is 255. The molecule has 0 heterocycles. The van der Waals surface area contributed by atoms with Crippen LogP contribution in [0.4, 0.5) is 0 Å². The van der Waals surface area contributed by atoms with Crippen LogP contribution in [0.1, 0.15) is 34.1 Å². The van der Waals surface area contributed by atoms with Crippen LogP contribution in [0.25, 0.3) is 0 Å². The van der Waals surface area contributed by atoms with Crippen molar-refractivity contribution in [2.45, 2.75) is 39.4 Å². The molecule has 0 bridgehead atoms. The molecule has 0 spiro atoms. The highest BCUT2D eigenvalue weighted by atomic mass is 32.2. The van der Waals surface area contributed by atoms with E-state index in [-0.39, 0.29) is 23.4 Å². The minimum atomic E-state index is -0.349. The molecule has 4 nitrogen and oxygen atoms in total. The van der Waals surface area contributed by atoms with Gasteiger partial charge in [-0.3, -0.25) is 9.59 Å². The fraction of sp³-hybridized carbons (Fsp3) is 0.846.